The maximum atomic E-state index is 13.4. The number of halogens is 2. The first-order chi connectivity index (χ1) is 11.6. The number of hydrogen-bond donors (Lipinski definition) is 0. The zero-order valence-electron chi connectivity index (χ0n) is 12.7. The maximum absolute atomic E-state index is 13.4. The molecule has 0 radical (unpaired) electrons. The van der Waals surface area contributed by atoms with Crippen LogP contribution in [0.2, 0.25) is 5.02 Å². The summed E-state index contributed by atoms with van der Waals surface area (Å²) in [6.07, 6.45) is 4.88. The SMILES string of the molecule is O=C(c1sc2cc(F)ccc2c1Cl)N1CCC(n2cncn2)CC1. The fourth-order valence-electron chi connectivity index (χ4n) is 3.06. The number of fused-ring (bicyclic) bond motifs is 1. The van der Waals surface area contributed by atoms with Gasteiger partial charge in [0, 0.05) is 23.2 Å². The van der Waals surface area contributed by atoms with Crippen LogP contribution in [0.5, 0.6) is 0 Å². The Morgan fingerprint density at radius 3 is 2.83 bits per heavy atom. The fourth-order valence-corrected chi connectivity index (χ4v) is 4.56. The van der Waals surface area contributed by atoms with Crippen molar-refractivity contribution in [3.05, 3.63) is 46.6 Å². The highest BCUT2D eigenvalue weighted by Crippen LogP contribution is 2.37. The Kier molecular flexibility index (Phi) is 3.97. The fraction of sp³-hybridized carbons (Fsp3) is 0.312. The molecule has 1 aliphatic heterocycles. The summed E-state index contributed by atoms with van der Waals surface area (Å²) in [7, 11) is 0. The lowest BCUT2D eigenvalue weighted by Gasteiger charge is -2.31. The van der Waals surface area contributed by atoms with Crippen molar-refractivity contribution in [3.8, 4) is 0 Å². The normalized spacial score (nSPS) is 16.0. The van der Waals surface area contributed by atoms with E-state index in [0.29, 0.717) is 27.7 Å². The van der Waals surface area contributed by atoms with Crippen LogP contribution in [-0.4, -0.2) is 38.7 Å². The molecule has 8 heteroatoms. The van der Waals surface area contributed by atoms with Crippen molar-refractivity contribution in [2.24, 2.45) is 0 Å². The summed E-state index contributed by atoms with van der Waals surface area (Å²) in [6.45, 7) is 1.28. The molecule has 0 bridgehead atoms. The van der Waals surface area contributed by atoms with Crippen molar-refractivity contribution in [1.29, 1.82) is 0 Å². The van der Waals surface area contributed by atoms with Crippen LogP contribution in [0.1, 0.15) is 28.6 Å². The predicted molar refractivity (Wildman–Crippen MR) is 91.0 cm³/mol. The largest absolute Gasteiger partial charge is 0.338 e. The second-order valence-electron chi connectivity index (χ2n) is 5.78. The van der Waals surface area contributed by atoms with Gasteiger partial charge >= 0.3 is 0 Å². The Labute approximate surface area is 146 Å². The lowest BCUT2D eigenvalue weighted by molar-refractivity contribution is 0.0695. The number of rotatable bonds is 2. The van der Waals surface area contributed by atoms with E-state index in [4.69, 9.17) is 11.6 Å². The molecule has 3 aromatic rings. The van der Waals surface area contributed by atoms with Crippen molar-refractivity contribution < 1.29 is 9.18 Å². The summed E-state index contributed by atoms with van der Waals surface area (Å²) in [6, 6.07) is 4.67. The molecule has 24 heavy (non-hydrogen) atoms. The van der Waals surface area contributed by atoms with E-state index in [2.05, 4.69) is 10.1 Å². The molecule has 2 aromatic heterocycles. The van der Waals surface area contributed by atoms with Crippen LogP contribution in [0.3, 0.4) is 0 Å². The van der Waals surface area contributed by atoms with Gasteiger partial charge in [0.15, 0.2) is 0 Å². The number of carbonyl (C=O) groups is 1. The molecule has 1 aromatic carbocycles. The van der Waals surface area contributed by atoms with Crippen molar-refractivity contribution in [3.63, 3.8) is 0 Å². The van der Waals surface area contributed by atoms with Crippen LogP contribution in [0.4, 0.5) is 4.39 Å². The van der Waals surface area contributed by atoms with E-state index in [0.717, 1.165) is 18.2 Å². The summed E-state index contributed by atoms with van der Waals surface area (Å²) in [5, 5.41) is 5.31. The van der Waals surface area contributed by atoms with Gasteiger partial charge < -0.3 is 4.90 Å². The van der Waals surface area contributed by atoms with Crippen LogP contribution < -0.4 is 0 Å². The molecular weight excluding hydrogens is 351 g/mol. The minimum absolute atomic E-state index is 0.0846. The Hall–Kier alpha value is -1.99. The van der Waals surface area contributed by atoms with Crippen molar-refractivity contribution >= 4 is 38.9 Å². The van der Waals surface area contributed by atoms with Crippen LogP contribution >= 0.6 is 22.9 Å². The Morgan fingerprint density at radius 2 is 2.12 bits per heavy atom. The molecule has 0 saturated carbocycles. The van der Waals surface area contributed by atoms with Gasteiger partial charge in [0.1, 0.15) is 23.3 Å². The van der Waals surface area contributed by atoms with Crippen LogP contribution in [0.15, 0.2) is 30.9 Å². The minimum Gasteiger partial charge on any atom is -0.338 e. The smallest absolute Gasteiger partial charge is 0.265 e. The van der Waals surface area contributed by atoms with E-state index in [9.17, 15) is 9.18 Å². The number of carbonyl (C=O) groups excluding carboxylic acids is 1. The van der Waals surface area contributed by atoms with Crippen molar-refractivity contribution in [2.45, 2.75) is 18.9 Å². The third-order valence-corrected chi connectivity index (χ3v) is 5.99. The third-order valence-electron chi connectivity index (χ3n) is 4.35. The van der Waals surface area contributed by atoms with Gasteiger partial charge in [-0.25, -0.2) is 14.1 Å². The highest BCUT2D eigenvalue weighted by atomic mass is 35.5. The van der Waals surface area contributed by atoms with Crippen LogP contribution in [0, 0.1) is 5.82 Å². The number of thiophene rings is 1. The second-order valence-corrected chi connectivity index (χ2v) is 7.21. The number of piperidine rings is 1. The molecule has 0 spiro atoms. The molecule has 124 valence electrons. The average Bonchev–Trinajstić information content (AvgIpc) is 3.23. The van der Waals surface area contributed by atoms with E-state index in [1.54, 1.807) is 17.3 Å². The van der Waals surface area contributed by atoms with E-state index >= 15 is 0 Å². The molecule has 1 saturated heterocycles. The lowest BCUT2D eigenvalue weighted by atomic mass is 10.1. The molecule has 1 fully saturated rings. The highest BCUT2D eigenvalue weighted by Gasteiger charge is 2.27. The molecule has 3 heterocycles. The first-order valence-corrected chi connectivity index (χ1v) is 8.84. The molecule has 1 aliphatic rings. The Bertz CT molecular complexity index is 887. The van der Waals surface area contributed by atoms with Gasteiger partial charge in [-0.05, 0) is 31.0 Å². The number of benzene rings is 1. The van der Waals surface area contributed by atoms with E-state index in [1.165, 1.54) is 29.8 Å². The summed E-state index contributed by atoms with van der Waals surface area (Å²) in [5.74, 6) is -0.410. The van der Waals surface area contributed by atoms with Crippen LogP contribution in [0.25, 0.3) is 10.1 Å². The zero-order chi connectivity index (χ0) is 16.7. The van der Waals surface area contributed by atoms with Gasteiger partial charge in [0.05, 0.1) is 11.1 Å². The molecule has 1 amide bonds. The number of hydrogen-bond acceptors (Lipinski definition) is 4. The van der Waals surface area contributed by atoms with Gasteiger partial charge in [-0.1, -0.05) is 11.6 Å². The standard InChI is InChI=1S/C16H14ClFN4OS/c17-14-12-2-1-10(18)7-13(12)24-15(14)16(23)21-5-3-11(4-6-21)22-9-19-8-20-22/h1-2,7-9,11H,3-6H2. The molecule has 4 rings (SSSR count). The first kappa shape index (κ1) is 15.5. The van der Waals surface area contributed by atoms with Crippen molar-refractivity contribution in [2.75, 3.05) is 13.1 Å². The average molecular weight is 365 g/mol. The number of amides is 1. The molecule has 0 N–H and O–H groups in total. The number of aromatic nitrogens is 3. The highest BCUT2D eigenvalue weighted by molar-refractivity contribution is 7.21. The summed E-state index contributed by atoms with van der Waals surface area (Å²) >= 11 is 7.60. The number of likely N-dealkylation sites (tertiary alicyclic amines) is 1. The molecule has 0 atom stereocenters. The zero-order valence-corrected chi connectivity index (χ0v) is 14.2. The topological polar surface area (TPSA) is 51.0 Å². The number of nitrogens with zero attached hydrogens (tertiary/aromatic N) is 4. The molecule has 0 aliphatic carbocycles. The van der Waals surface area contributed by atoms with Gasteiger partial charge in [0.25, 0.3) is 5.91 Å². The minimum atomic E-state index is -0.326. The summed E-state index contributed by atoms with van der Waals surface area (Å²) in [4.78, 5) is 19.0. The first-order valence-electron chi connectivity index (χ1n) is 7.64. The van der Waals surface area contributed by atoms with Crippen molar-refractivity contribution in [1.82, 2.24) is 19.7 Å². The molecular formula is C16H14ClFN4OS. The predicted octanol–water partition coefficient (Wildman–Crippen LogP) is 3.76. The Morgan fingerprint density at radius 1 is 1.33 bits per heavy atom. The van der Waals surface area contributed by atoms with E-state index in [1.807, 2.05) is 4.68 Å². The molecule has 0 unspecified atom stereocenters. The third kappa shape index (κ3) is 2.67. The van der Waals surface area contributed by atoms with Gasteiger partial charge in [-0.3, -0.25) is 4.79 Å². The Balaban J connectivity index is 1.53. The van der Waals surface area contributed by atoms with Gasteiger partial charge in [-0.15, -0.1) is 11.3 Å². The van der Waals surface area contributed by atoms with Gasteiger partial charge in [0.2, 0.25) is 0 Å². The van der Waals surface area contributed by atoms with E-state index < -0.39 is 0 Å². The summed E-state index contributed by atoms with van der Waals surface area (Å²) < 4.78 is 15.9. The second kappa shape index (κ2) is 6.14. The maximum Gasteiger partial charge on any atom is 0.265 e. The quantitative estimate of drug-likeness (QED) is 0.695. The van der Waals surface area contributed by atoms with Crippen LogP contribution in [-0.2, 0) is 0 Å². The molecule has 5 nitrogen and oxygen atoms in total. The summed E-state index contributed by atoms with van der Waals surface area (Å²) in [5.41, 5.74) is 0. The lowest BCUT2D eigenvalue weighted by Crippen LogP contribution is -2.39. The van der Waals surface area contributed by atoms with E-state index in [-0.39, 0.29) is 17.8 Å². The monoisotopic (exact) mass is 364 g/mol. The van der Waals surface area contributed by atoms with Gasteiger partial charge in [-0.2, -0.15) is 5.10 Å².